The summed E-state index contributed by atoms with van der Waals surface area (Å²) in [6.45, 7) is 4.67. The van der Waals surface area contributed by atoms with Gasteiger partial charge in [0.25, 0.3) is 0 Å². The number of carbonyl (C=O) groups is 3. The van der Waals surface area contributed by atoms with Gasteiger partial charge in [-0.2, -0.15) is 4.31 Å². The van der Waals surface area contributed by atoms with Crippen LogP contribution in [0.4, 0.5) is 0 Å². The fourth-order valence-electron chi connectivity index (χ4n) is 3.88. The van der Waals surface area contributed by atoms with Crippen molar-refractivity contribution in [3.05, 3.63) is 30.3 Å². The van der Waals surface area contributed by atoms with Crippen molar-refractivity contribution in [2.45, 2.75) is 38.0 Å². The molecule has 8 heteroatoms. The van der Waals surface area contributed by atoms with E-state index in [-0.39, 0.29) is 60.4 Å². The lowest BCUT2D eigenvalue weighted by Gasteiger charge is -2.36. The maximum absolute atomic E-state index is 12.7. The van der Waals surface area contributed by atoms with E-state index in [2.05, 4.69) is 0 Å². The smallest absolute Gasteiger partial charge is 0.243 e. The fraction of sp³-hybridized carbons (Fsp3) is 0.550. The Morgan fingerprint density at radius 3 is 2.07 bits per heavy atom. The van der Waals surface area contributed by atoms with E-state index in [1.54, 1.807) is 35.2 Å². The van der Waals surface area contributed by atoms with Gasteiger partial charge in [-0.15, -0.1) is 0 Å². The molecule has 0 spiro atoms. The van der Waals surface area contributed by atoms with Crippen molar-refractivity contribution in [2.24, 2.45) is 11.3 Å². The van der Waals surface area contributed by atoms with Gasteiger partial charge in [0.15, 0.2) is 0 Å². The molecule has 1 aromatic carbocycles. The van der Waals surface area contributed by atoms with Crippen LogP contribution >= 0.6 is 0 Å². The number of carbonyl (C=O) groups excluding carboxylic acids is 3. The van der Waals surface area contributed by atoms with Crippen LogP contribution in [0.5, 0.6) is 0 Å². The van der Waals surface area contributed by atoms with Crippen molar-refractivity contribution < 1.29 is 22.8 Å². The lowest BCUT2D eigenvalue weighted by Crippen LogP contribution is -2.51. The highest BCUT2D eigenvalue weighted by atomic mass is 32.2. The summed E-state index contributed by atoms with van der Waals surface area (Å²) < 4.78 is 26.7. The van der Waals surface area contributed by atoms with Gasteiger partial charge < -0.3 is 4.90 Å². The highest BCUT2D eigenvalue weighted by molar-refractivity contribution is 7.89. The number of sulfonamides is 1. The molecule has 1 aliphatic heterocycles. The molecule has 28 heavy (non-hydrogen) atoms. The molecule has 1 heterocycles. The molecule has 7 nitrogen and oxygen atoms in total. The number of ketones is 2. The maximum Gasteiger partial charge on any atom is 0.243 e. The number of hydrogen-bond acceptors (Lipinski definition) is 5. The Balaban J connectivity index is 1.59. The molecule has 2 fully saturated rings. The van der Waals surface area contributed by atoms with Gasteiger partial charge in [-0.3, -0.25) is 14.4 Å². The number of amides is 1. The number of hydrogen-bond donors (Lipinski definition) is 0. The lowest BCUT2D eigenvalue weighted by atomic mass is 9.70. The highest BCUT2D eigenvalue weighted by Gasteiger charge is 2.41. The zero-order valence-electron chi connectivity index (χ0n) is 16.3. The molecule has 0 radical (unpaired) electrons. The van der Waals surface area contributed by atoms with Crippen LogP contribution in [0.25, 0.3) is 0 Å². The first-order valence-corrected chi connectivity index (χ1v) is 10.9. The molecule has 1 saturated carbocycles. The second-order valence-corrected chi connectivity index (χ2v) is 10.2. The van der Waals surface area contributed by atoms with Gasteiger partial charge in [-0.1, -0.05) is 32.0 Å². The van der Waals surface area contributed by atoms with Crippen molar-refractivity contribution in [3.63, 3.8) is 0 Å². The van der Waals surface area contributed by atoms with E-state index in [0.717, 1.165) is 0 Å². The number of Topliss-reactive ketones (excluding diaryl/α,β-unsaturated/α-hetero) is 2. The minimum Gasteiger partial charge on any atom is -0.340 e. The number of benzene rings is 1. The van der Waals surface area contributed by atoms with Crippen LogP contribution in [-0.4, -0.2) is 61.3 Å². The molecule has 0 unspecified atom stereocenters. The van der Waals surface area contributed by atoms with Crippen LogP contribution < -0.4 is 0 Å². The first kappa shape index (κ1) is 20.7. The monoisotopic (exact) mass is 406 g/mol. The Bertz CT molecular complexity index is 851. The summed E-state index contributed by atoms with van der Waals surface area (Å²) in [7, 11) is -3.58. The predicted molar refractivity (Wildman–Crippen MR) is 103 cm³/mol. The average molecular weight is 407 g/mol. The first-order valence-electron chi connectivity index (χ1n) is 9.48. The largest absolute Gasteiger partial charge is 0.340 e. The van der Waals surface area contributed by atoms with Crippen molar-refractivity contribution in [1.29, 1.82) is 0 Å². The molecule has 1 aromatic rings. The third-order valence-electron chi connectivity index (χ3n) is 5.43. The van der Waals surface area contributed by atoms with Crippen LogP contribution in [0.2, 0.25) is 0 Å². The van der Waals surface area contributed by atoms with Gasteiger partial charge in [0, 0.05) is 45.4 Å². The molecule has 1 aliphatic carbocycles. The van der Waals surface area contributed by atoms with Crippen LogP contribution in [0.3, 0.4) is 0 Å². The number of piperazine rings is 1. The molecule has 1 amide bonds. The predicted octanol–water partition coefficient (Wildman–Crippen LogP) is 1.48. The molecule has 0 aromatic heterocycles. The summed E-state index contributed by atoms with van der Waals surface area (Å²) >= 11 is 0. The lowest BCUT2D eigenvalue weighted by molar-refractivity contribution is -0.145. The topological polar surface area (TPSA) is 91.8 Å². The molecule has 2 aliphatic rings. The quantitative estimate of drug-likeness (QED) is 0.707. The second-order valence-electron chi connectivity index (χ2n) is 8.31. The Morgan fingerprint density at radius 1 is 1.00 bits per heavy atom. The summed E-state index contributed by atoms with van der Waals surface area (Å²) in [5, 5.41) is 0. The Morgan fingerprint density at radius 2 is 1.54 bits per heavy atom. The van der Waals surface area contributed by atoms with E-state index in [0.29, 0.717) is 12.8 Å². The molecule has 0 bridgehead atoms. The Kier molecular flexibility index (Phi) is 5.72. The normalized spacial score (nSPS) is 21.7. The number of rotatable bonds is 4. The molecular formula is C20H26N2O5S. The van der Waals surface area contributed by atoms with Crippen molar-refractivity contribution >= 4 is 27.5 Å². The SMILES string of the molecule is CC1(C)CC(=O)C(CC(=O)N2CCN(S(=O)(=O)c3ccccc3)CC2)C(=O)C1. The fourth-order valence-corrected chi connectivity index (χ4v) is 5.33. The van der Waals surface area contributed by atoms with E-state index < -0.39 is 15.9 Å². The van der Waals surface area contributed by atoms with Crippen LogP contribution in [0, 0.1) is 11.3 Å². The molecule has 3 rings (SSSR count). The van der Waals surface area contributed by atoms with E-state index >= 15 is 0 Å². The molecule has 0 atom stereocenters. The second kappa shape index (κ2) is 7.75. The number of nitrogens with zero attached hydrogens (tertiary/aromatic N) is 2. The van der Waals surface area contributed by atoms with Crippen LogP contribution in [-0.2, 0) is 24.4 Å². The summed E-state index contributed by atoms with van der Waals surface area (Å²) in [6, 6.07) is 8.20. The van der Waals surface area contributed by atoms with Gasteiger partial charge in [0.05, 0.1) is 10.8 Å². The summed E-state index contributed by atoms with van der Waals surface area (Å²) in [6.07, 6.45) is 0.499. The van der Waals surface area contributed by atoms with Crippen LogP contribution in [0.15, 0.2) is 35.2 Å². The zero-order chi connectivity index (χ0) is 20.5. The molecule has 152 valence electrons. The van der Waals surface area contributed by atoms with Gasteiger partial charge in [0.1, 0.15) is 11.6 Å². The van der Waals surface area contributed by atoms with Gasteiger partial charge in [-0.05, 0) is 17.5 Å². The van der Waals surface area contributed by atoms with Crippen molar-refractivity contribution in [2.75, 3.05) is 26.2 Å². The van der Waals surface area contributed by atoms with E-state index in [1.807, 2.05) is 13.8 Å². The van der Waals surface area contributed by atoms with E-state index in [1.165, 1.54) is 4.31 Å². The summed E-state index contributed by atoms with van der Waals surface area (Å²) in [5.41, 5.74) is -0.342. The molecule has 1 saturated heterocycles. The Labute approximate surface area is 165 Å². The minimum atomic E-state index is -3.58. The third-order valence-corrected chi connectivity index (χ3v) is 7.35. The van der Waals surface area contributed by atoms with E-state index in [4.69, 9.17) is 0 Å². The Hall–Kier alpha value is -2.06. The molecular weight excluding hydrogens is 380 g/mol. The van der Waals surface area contributed by atoms with Gasteiger partial charge in [-0.25, -0.2) is 8.42 Å². The highest BCUT2D eigenvalue weighted by Crippen LogP contribution is 2.35. The standard InChI is InChI=1S/C20H26N2O5S/c1-20(2)13-17(23)16(18(24)14-20)12-19(25)21-8-10-22(11-9-21)28(26,27)15-6-4-3-5-7-15/h3-7,16H,8-14H2,1-2H3. The maximum atomic E-state index is 12.7. The summed E-state index contributed by atoms with van der Waals surface area (Å²) in [4.78, 5) is 39.0. The minimum absolute atomic E-state index is 0.112. The van der Waals surface area contributed by atoms with Crippen LogP contribution in [0.1, 0.15) is 33.1 Å². The van der Waals surface area contributed by atoms with Gasteiger partial charge >= 0.3 is 0 Å². The third kappa shape index (κ3) is 4.33. The van der Waals surface area contributed by atoms with E-state index in [9.17, 15) is 22.8 Å². The first-order chi connectivity index (χ1) is 13.1. The molecule has 0 N–H and O–H groups in total. The average Bonchev–Trinajstić information content (AvgIpc) is 2.64. The summed E-state index contributed by atoms with van der Waals surface area (Å²) in [5.74, 6) is -1.45. The van der Waals surface area contributed by atoms with Gasteiger partial charge in [0.2, 0.25) is 15.9 Å². The van der Waals surface area contributed by atoms with Crippen molar-refractivity contribution in [1.82, 2.24) is 9.21 Å². The van der Waals surface area contributed by atoms with Crippen molar-refractivity contribution in [3.8, 4) is 0 Å². The zero-order valence-corrected chi connectivity index (χ0v) is 17.1.